The molecule has 23 heavy (non-hydrogen) atoms. The van der Waals surface area contributed by atoms with E-state index in [1.54, 1.807) is 24.3 Å². The summed E-state index contributed by atoms with van der Waals surface area (Å²) in [5.41, 5.74) is 2.01. The van der Waals surface area contributed by atoms with E-state index in [9.17, 15) is 4.79 Å². The molecule has 1 aromatic carbocycles. The average Bonchev–Trinajstić information content (AvgIpc) is 2.50. The molecule has 2 heterocycles. The molecule has 0 aliphatic heterocycles. The fourth-order valence-corrected chi connectivity index (χ4v) is 2.81. The lowest BCUT2D eigenvalue weighted by Gasteiger charge is -2.10. The van der Waals surface area contributed by atoms with Crippen molar-refractivity contribution in [1.82, 2.24) is 9.97 Å². The standard InChI is InChI=1S/C15H7Cl3N2O2.ClH/c16-10-3-1-2-7(11(10)17)8-4-5-19-14-12(18)9(15(21)22)6-20-13(8)14;/h1-6H,(H,21,22);1H. The normalized spacial score (nSPS) is 10.4. The quantitative estimate of drug-likeness (QED) is 0.639. The van der Waals surface area contributed by atoms with Gasteiger partial charge >= 0.3 is 5.97 Å². The Morgan fingerprint density at radius 2 is 1.70 bits per heavy atom. The molecule has 0 fully saturated rings. The zero-order chi connectivity index (χ0) is 15.9. The number of hydrogen-bond donors (Lipinski definition) is 1. The van der Waals surface area contributed by atoms with E-state index in [-0.39, 0.29) is 23.0 Å². The summed E-state index contributed by atoms with van der Waals surface area (Å²) in [4.78, 5) is 19.4. The maximum atomic E-state index is 11.1. The highest BCUT2D eigenvalue weighted by Crippen LogP contribution is 2.37. The van der Waals surface area contributed by atoms with Gasteiger partial charge in [0, 0.05) is 23.5 Å². The number of carboxylic acid groups (broad SMARTS) is 1. The SMILES string of the molecule is Cl.O=C(O)c1cnc2c(-c3cccc(Cl)c3Cl)ccnc2c1Cl. The lowest BCUT2D eigenvalue weighted by Crippen LogP contribution is -2.00. The first-order valence-electron chi connectivity index (χ1n) is 6.11. The van der Waals surface area contributed by atoms with Gasteiger partial charge in [0.05, 0.1) is 26.1 Å². The second-order valence-electron chi connectivity index (χ2n) is 4.45. The van der Waals surface area contributed by atoms with Crippen LogP contribution < -0.4 is 0 Å². The van der Waals surface area contributed by atoms with Crippen LogP contribution in [0.4, 0.5) is 0 Å². The highest BCUT2D eigenvalue weighted by Gasteiger charge is 2.17. The number of rotatable bonds is 2. The van der Waals surface area contributed by atoms with Gasteiger partial charge < -0.3 is 5.11 Å². The summed E-state index contributed by atoms with van der Waals surface area (Å²) < 4.78 is 0. The molecule has 3 rings (SSSR count). The molecule has 0 aliphatic rings. The van der Waals surface area contributed by atoms with Crippen LogP contribution in [-0.2, 0) is 0 Å². The van der Waals surface area contributed by atoms with Gasteiger partial charge in [-0.15, -0.1) is 12.4 Å². The largest absolute Gasteiger partial charge is 0.478 e. The molecule has 0 aliphatic carbocycles. The third kappa shape index (κ3) is 3.08. The van der Waals surface area contributed by atoms with E-state index in [1.807, 2.05) is 0 Å². The van der Waals surface area contributed by atoms with Gasteiger partial charge in [0.25, 0.3) is 0 Å². The predicted octanol–water partition coefficient (Wildman–Crippen LogP) is 5.38. The van der Waals surface area contributed by atoms with Gasteiger partial charge in [-0.25, -0.2) is 4.79 Å². The molecule has 0 atom stereocenters. The first-order chi connectivity index (χ1) is 10.5. The van der Waals surface area contributed by atoms with E-state index in [0.717, 1.165) is 0 Å². The minimum Gasteiger partial charge on any atom is -0.478 e. The summed E-state index contributed by atoms with van der Waals surface area (Å²) in [6.45, 7) is 0. The van der Waals surface area contributed by atoms with Gasteiger partial charge in [0.1, 0.15) is 5.52 Å². The van der Waals surface area contributed by atoms with Crippen LogP contribution in [0.25, 0.3) is 22.2 Å². The Morgan fingerprint density at radius 3 is 2.39 bits per heavy atom. The molecule has 118 valence electrons. The number of pyridine rings is 2. The molecule has 0 unspecified atom stereocenters. The molecule has 1 N–H and O–H groups in total. The number of nitrogens with zero attached hydrogens (tertiary/aromatic N) is 2. The van der Waals surface area contributed by atoms with Crippen LogP contribution >= 0.6 is 47.2 Å². The lowest BCUT2D eigenvalue weighted by molar-refractivity contribution is 0.0697. The van der Waals surface area contributed by atoms with Crippen molar-refractivity contribution in [3.05, 3.63) is 57.3 Å². The highest BCUT2D eigenvalue weighted by atomic mass is 35.5. The first-order valence-corrected chi connectivity index (χ1v) is 7.25. The van der Waals surface area contributed by atoms with E-state index < -0.39 is 5.97 Å². The van der Waals surface area contributed by atoms with Crippen molar-refractivity contribution >= 4 is 64.2 Å². The van der Waals surface area contributed by atoms with Gasteiger partial charge in [0.15, 0.2) is 0 Å². The van der Waals surface area contributed by atoms with Gasteiger partial charge in [-0.3, -0.25) is 9.97 Å². The third-order valence-electron chi connectivity index (χ3n) is 3.16. The minimum atomic E-state index is -1.16. The fraction of sp³-hybridized carbons (Fsp3) is 0. The van der Waals surface area contributed by atoms with Crippen LogP contribution in [-0.4, -0.2) is 21.0 Å². The number of aromatic carboxylic acids is 1. The number of aromatic nitrogens is 2. The van der Waals surface area contributed by atoms with E-state index in [0.29, 0.717) is 32.2 Å². The minimum absolute atomic E-state index is 0. The Morgan fingerprint density at radius 1 is 0.957 bits per heavy atom. The lowest BCUT2D eigenvalue weighted by atomic mass is 10.0. The second-order valence-corrected chi connectivity index (χ2v) is 5.61. The van der Waals surface area contributed by atoms with E-state index in [1.165, 1.54) is 12.4 Å². The van der Waals surface area contributed by atoms with Crippen LogP contribution in [0.1, 0.15) is 10.4 Å². The summed E-state index contributed by atoms with van der Waals surface area (Å²) in [5.74, 6) is -1.16. The molecule has 0 bridgehead atoms. The van der Waals surface area contributed by atoms with Gasteiger partial charge in [-0.2, -0.15) is 0 Å². The maximum absolute atomic E-state index is 11.1. The number of halogens is 4. The summed E-state index contributed by atoms with van der Waals surface area (Å²) in [6, 6.07) is 6.97. The van der Waals surface area contributed by atoms with Gasteiger partial charge in [-0.1, -0.05) is 46.9 Å². The molecule has 8 heteroatoms. The van der Waals surface area contributed by atoms with Gasteiger partial charge in [-0.05, 0) is 12.1 Å². The van der Waals surface area contributed by atoms with Crippen molar-refractivity contribution in [2.24, 2.45) is 0 Å². The third-order valence-corrected chi connectivity index (χ3v) is 4.37. The number of fused-ring (bicyclic) bond motifs is 1. The molecule has 0 radical (unpaired) electrons. The topological polar surface area (TPSA) is 63.1 Å². The Bertz CT molecular complexity index is 915. The number of benzene rings is 1. The van der Waals surface area contributed by atoms with E-state index in [2.05, 4.69) is 9.97 Å². The smallest absolute Gasteiger partial charge is 0.338 e. The average molecular weight is 390 g/mol. The Kier molecular flexibility index (Phi) is 5.32. The Balaban J connectivity index is 0.00000192. The molecule has 3 aromatic rings. The molecular weight excluding hydrogens is 382 g/mol. The van der Waals surface area contributed by atoms with Crippen LogP contribution in [0.3, 0.4) is 0 Å². The van der Waals surface area contributed by atoms with Crippen molar-refractivity contribution in [2.45, 2.75) is 0 Å². The number of carbonyl (C=O) groups is 1. The first kappa shape index (κ1) is 17.8. The Hall–Kier alpha value is -1.59. The molecule has 0 saturated heterocycles. The zero-order valence-corrected chi connectivity index (χ0v) is 14.3. The summed E-state index contributed by atoms with van der Waals surface area (Å²) in [6.07, 6.45) is 2.73. The fourth-order valence-electron chi connectivity index (χ4n) is 2.14. The summed E-state index contributed by atoms with van der Waals surface area (Å²) in [5, 5.41) is 9.94. The van der Waals surface area contributed by atoms with E-state index in [4.69, 9.17) is 39.9 Å². The zero-order valence-electron chi connectivity index (χ0n) is 11.3. The highest BCUT2D eigenvalue weighted by molar-refractivity contribution is 6.44. The molecule has 2 aromatic heterocycles. The summed E-state index contributed by atoms with van der Waals surface area (Å²) >= 11 is 18.4. The van der Waals surface area contributed by atoms with Crippen molar-refractivity contribution < 1.29 is 9.90 Å². The second kappa shape index (κ2) is 6.89. The van der Waals surface area contributed by atoms with E-state index >= 15 is 0 Å². The molecule has 0 spiro atoms. The molecule has 0 saturated carbocycles. The van der Waals surface area contributed by atoms with Gasteiger partial charge in [0.2, 0.25) is 0 Å². The number of hydrogen-bond acceptors (Lipinski definition) is 3. The van der Waals surface area contributed by atoms with Crippen molar-refractivity contribution in [1.29, 1.82) is 0 Å². The van der Waals surface area contributed by atoms with Crippen LogP contribution in [0, 0.1) is 0 Å². The maximum Gasteiger partial charge on any atom is 0.338 e. The van der Waals surface area contributed by atoms with Crippen molar-refractivity contribution in [3.63, 3.8) is 0 Å². The van der Waals surface area contributed by atoms with Crippen LogP contribution in [0.15, 0.2) is 36.7 Å². The van der Waals surface area contributed by atoms with Crippen LogP contribution in [0.5, 0.6) is 0 Å². The monoisotopic (exact) mass is 388 g/mol. The molecule has 4 nitrogen and oxygen atoms in total. The molecule has 0 amide bonds. The molecular formula is C15H8Cl4N2O2. The summed E-state index contributed by atoms with van der Waals surface area (Å²) in [7, 11) is 0. The predicted molar refractivity (Wildman–Crippen MR) is 94.2 cm³/mol. The van der Waals surface area contributed by atoms with Crippen molar-refractivity contribution in [2.75, 3.05) is 0 Å². The number of carboxylic acids is 1. The van der Waals surface area contributed by atoms with Crippen LogP contribution in [0.2, 0.25) is 15.1 Å². The Labute approximate surface area is 152 Å². The van der Waals surface area contributed by atoms with Crippen molar-refractivity contribution in [3.8, 4) is 11.1 Å².